The van der Waals surface area contributed by atoms with Gasteiger partial charge in [0.2, 0.25) is 0 Å². The third kappa shape index (κ3) is 1.20. The zero-order valence-corrected chi connectivity index (χ0v) is 7.85. The summed E-state index contributed by atoms with van der Waals surface area (Å²) in [6, 6.07) is 3.53. The second-order valence-corrected chi connectivity index (χ2v) is 3.52. The Hall–Kier alpha value is -1.38. The highest BCUT2D eigenvalue weighted by Gasteiger charge is 2.08. The highest BCUT2D eigenvalue weighted by Crippen LogP contribution is 2.26. The van der Waals surface area contributed by atoms with Crippen LogP contribution < -0.4 is 5.73 Å². The Labute approximate surface area is 82.7 Å². The standard InChI is InChI=1S/C7H3ClN4S/c8-5-3(2-9)1-4-6(10)13-12-7(4)11-5/h1H,10H2. The molecule has 0 atom stereocenters. The number of nitrogens with zero attached hydrogens (tertiary/aromatic N) is 3. The van der Waals surface area contributed by atoms with E-state index in [1.54, 1.807) is 6.07 Å². The van der Waals surface area contributed by atoms with Crippen LogP contribution in [-0.2, 0) is 0 Å². The average Bonchev–Trinajstić information content (AvgIpc) is 2.46. The lowest BCUT2D eigenvalue weighted by atomic mass is 10.2. The summed E-state index contributed by atoms with van der Waals surface area (Å²) in [5.41, 5.74) is 6.43. The molecule has 2 N–H and O–H groups in total. The van der Waals surface area contributed by atoms with Crippen LogP contribution in [0.15, 0.2) is 6.07 Å². The summed E-state index contributed by atoms with van der Waals surface area (Å²) >= 11 is 6.85. The van der Waals surface area contributed by atoms with E-state index in [1.165, 1.54) is 0 Å². The van der Waals surface area contributed by atoms with E-state index in [9.17, 15) is 0 Å². The molecule has 13 heavy (non-hydrogen) atoms. The van der Waals surface area contributed by atoms with Crippen LogP contribution in [-0.4, -0.2) is 9.36 Å². The molecule has 0 unspecified atom stereocenters. The van der Waals surface area contributed by atoms with Crippen molar-refractivity contribution in [2.45, 2.75) is 0 Å². The first-order chi connectivity index (χ1) is 6.22. The van der Waals surface area contributed by atoms with Gasteiger partial charge in [0.05, 0.1) is 10.9 Å². The molecule has 0 saturated carbocycles. The van der Waals surface area contributed by atoms with Crippen LogP contribution >= 0.6 is 23.1 Å². The van der Waals surface area contributed by atoms with Gasteiger partial charge in [-0.15, -0.1) is 0 Å². The Morgan fingerprint density at radius 1 is 1.62 bits per heavy atom. The fourth-order valence-corrected chi connectivity index (χ4v) is 1.70. The molecule has 0 aliphatic heterocycles. The van der Waals surface area contributed by atoms with Crippen molar-refractivity contribution in [3.05, 3.63) is 16.8 Å². The Morgan fingerprint density at radius 2 is 2.38 bits per heavy atom. The molecule has 0 spiro atoms. The van der Waals surface area contributed by atoms with Gasteiger partial charge in [-0.1, -0.05) is 11.6 Å². The van der Waals surface area contributed by atoms with Gasteiger partial charge in [-0.05, 0) is 17.6 Å². The van der Waals surface area contributed by atoms with E-state index in [1.807, 2.05) is 6.07 Å². The van der Waals surface area contributed by atoms with E-state index in [2.05, 4.69) is 9.36 Å². The molecule has 2 aromatic heterocycles. The monoisotopic (exact) mass is 210 g/mol. The Morgan fingerprint density at radius 3 is 3.08 bits per heavy atom. The number of rotatable bonds is 0. The highest BCUT2D eigenvalue weighted by molar-refractivity contribution is 7.11. The van der Waals surface area contributed by atoms with Crippen molar-refractivity contribution in [2.24, 2.45) is 0 Å². The number of pyridine rings is 1. The van der Waals surface area contributed by atoms with E-state index in [-0.39, 0.29) is 5.15 Å². The number of hydrogen-bond donors (Lipinski definition) is 1. The number of fused-ring (bicyclic) bond motifs is 1. The zero-order chi connectivity index (χ0) is 9.42. The van der Waals surface area contributed by atoms with Crippen molar-refractivity contribution >= 4 is 39.2 Å². The van der Waals surface area contributed by atoms with Crippen molar-refractivity contribution < 1.29 is 0 Å². The first-order valence-corrected chi connectivity index (χ1v) is 4.49. The number of nitriles is 1. The normalized spacial score (nSPS) is 10.2. The molecule has 2 aromatic rings. The largest absolute Gasteiger partial charge is 0.389 e. The quantitative estimate of drug-likeness (QED) is 0.673. The number of hydrogen-bond acceptors (Lipinski definition) is 5. The fourth-order valence-electron chi connectivity index (χ4n) is 0.953. The molecule has 0 aromatic carbocycles. The molecule has 0 radical (unpaired) electrons. The molecule has 2 heterocycles. The van der Waals surface area contributed by atoms with Gasteiger partial charge in [0.15, 0.2) is 5.65 Å². The molecule has 0 aliphatic carbocycles. The molecule has 4 nitrogen and oxygen atoms in total. The minimum absolute atomic E-state index is 0.167. The molecule has 0 saturated heterocycles. The molecular weight excluding hydrogens is 208 g/mol. The minimum Gasteiger partial charge on any atom is -0.389 e. The van der Waals surface area contributed by atoms with Crippen LogP contribution in [0, 0.1) is 11.3 Å². The van der Waals surface area contributed by atoms with E-state index >= 15 is 0 Å². The second-order valence-electron chi connectivity index (χ2n) is 2.36. The van der Waals surface area contributed by atoms with Gasteiger partial charge < -0.3 is 5.73 Å². The van der Waals surface area contributed by atoms with Gasteiger partial charge in [0.1, 0.15) is 16.2 Å². The predicted octanol–water partition coefficient (Wildman–Crippen LogP) is 1.80. The van der Waals surface area contributed by atoms with Gasteiger partial charge >= 0.3 is 0 Å². The summed E-state index contributed by atoms with van der Waals surface area (Å²) in [6.07, 6.45) is 0. The van der Waals surface area contributed by atoms with Crippen molar-refractivity contribution in [3.8, 4) is 6.07 Å². The Kier molecular flexibility index (Phi) is 1.79. The van der Waals surface area contributed by atoms with Gasteiger partial charge in [-0.2, -0.15) is 9.64 Å². The maximum Gasteiger partial charge on any atom is 0.176 e. The predicted molar refractivity (Wildman–Crippen MR) is 51.6 cm³/mol. The molecule has 0 bridgehead atoms. The lowest BCUT2D eigenvalue weighted by Crippen LogP contribution is -1.85. The van der Waals surface area contributed by atoms with Crippen LogP contribution in [0.3, 0.4) is 0 Å². The summed E-state index contributed by atoms with van der Waals surface area (Å²) in [5, 5.41) is 10.1. The van der Waals surface area contributed by atoms with Crippen LogP contribution in [0.1, 0.15) is 5.56 Å². The van der Waals surface area contributed by atoms with Crippen molar-refractivity contribution in [1.82, 2.24) is 9.36 Å². The third-order valence-corrected chi connectivity index (χ3v) is 2.54. The van der Waals surface area contributed by atoms with Gasteiger partial charge in [0.25, 0.3) is 0 Å². The lowest BCUT2D eigenvalue weighted by Gasteiger charge is -1.93. The first-order valence-electron chi connectivity index (χ1n) is 3.34. The number of halogens is 1. The smallest absolute Gasteiger partial charge is 0.176 e. The molecular formula is C7H3ClN4S. The van der Waals surface area contributed by atoms with E-state index in [0.29, 0.717) is 21.6 Å². The van der Waals surface area contributed by atoms with E-state index in [0.717, 1.165) is 11.5 Å². The number of nitrogens with two attached hydrogens (primary N) is 1. The summed E-state index contributed by atoms with van der Waals surface area (Å²) in [4.78, 5) is 3.93. The summed E-state index contributed by atoms with van der Waals surface area (Å²) < 4.78 is 3.97. The molecule has 64 valence electrons. The molecule has 6 heteroatoms. The Bertz CT molecular complexity index is 513. The number of anilines is 1. The second kappa shape index (κ2) is 2.83. The average molecular weight is 211 g/mol. The summed E-state index contributed by atoms with van der Waals surface area (Å²) in [5.74, 6) is 0. The maximum atomic E-state index is 8.67. The third-order valence-electron chi connectivity index (χ3n) is 1.57. The fraction of sp³-hybridized carbons (Fsp3) is 0. The van der Waals surface area contributed by atoms with Crippen LogP contribution in [0.2, 0.25) is 5.15 Å². The SMILES string of the molecule is N#Cc1cc2c(N)snc2nc1Cl. The maximum absolute atomic E-state index is 8.67. The molecule has 0 fully saturated rings. The molecule has 0 amide bonds. The zero-order valence-electron chi connectivity index (χ0n) is 6.28. The van der Waals surface area contributed by atoms with Gasteiger partial charge in [0, 0.05) is 0 Å². The number of nitrogen functional groups attached to an aromatic ring is 1. The molecule has 2 rings (SSSR count). The van der Waals surface area contributed by atoms with Crippen LogP contribution in [0.5, 0.6) is 0 Å². The van der Waals surface area contributed by atoms with Gasteiger partial charge in [-0.25, -0.2) is 4.98 Å². The first kappa shape index (κ1) is 8.23. The molecule has 0 aliphatic rings. The van der Waals surface area contributed by atoms with E-state index in [4.69, 9.17) is 22.6 Å². The number of aromatic nitrogens is 2. The Balaban J connectivity index is 2.86. The van der Waals surface area contributed by atoms with Crippen molar-refractivity contribution in [2.75, 3.05) is 5.73 Å². The lowest BCUT2D eigenvalue weighted by molar-refractivity contribution is 1.34. The summed E-state index contributed by atoms with van der Waals surface area (Å²) in [6.45, 7) is 0. The summed E-state index contributed by atoms with van der Waals surface area (Å²) in [7, 11) is 0. The highest BCUT2D eigenvalue weighted by atomic mass is 35.5. The van der Waals surface area contributed by atoms with Crippen LogP contribution in [0.25, 0.3) is 11.0 Å². The van der Waals surface area contributed by atoms with E-state index < -0.39 is 0 Å². The topological polar surface area (TPSA) is 75.6 Å². The minimum atomic E-state index is 0.167. The van der Waals surface area contributed by atoms with Crippen molar-refractivity contribution in [3.63, 3.8) is 0 Å². The van der Waals surface area contributed by atoms with Gasteiger partial charge in [-0.3, -0.25) is 0 Å². The van der Waals surface area contributed by atoms with Crippen LogP contribution in [0.4, 0.5) is 5.00 Å². The van der Waals surface area contributed by atoms with Crippen molar-refractivity contribution in [1.29, 1.82) is 5.26 Å².